The number of rotatable bonds is 8. The van der Waals surface area contributed by atoms with E-state index in [0.717, 1.165) is 12.8 Å². The molecule has 0 fully saturated rings. The van der Waals surface area contributed by atoms with Crippen LogP contribution in [-0.2, 0) is 9.53 Å². The molecule has 6 heteroatoms. The summed E-state index contributed by atoms with van der Waals surface area (Å²) in [4.78, 5) is 23.7. The second kappa shape index (κ2) is 9.84. The maximum absolute atomic E-state index is 11.9. The summed E-state index contributed by atoms with van der Waals surface area (Å²) in [6.07, 6.45) is 1.79. The van der Waals surface area contributed by atoms with E-state index < -0.39 is 0 Å². The highest BCUT2D eigenvalue weighted by Crippen LogP contribution is 2.14. The SMILES string of the molecule is CCCCOC(=O)c1ccc(OCC(=O)Nc2cccc(C#N)c2)cc1. The Morgan fingerprint density at radius 3 is 2.62 bits per heavy atom. The van der Waals surface area contributed by atoms with E-state index in [4.69, 9.17) is 14.7 Å². The third-order valence-electron chi connectivity index (χ3n) is 3.47. The molecule has 0 saturated carbocycles. The molecule has 0 radical (unpaired) electrons. The largest absolute Gasteiger partial charge is 0.484 e. The number of nitrogens with one attached hydrogen (secondary N) is 1. The van der Waals surface area contributed by atoms with Crippen LogP contribution in [0.1, 0.15) is 35.7 Å². The molecule has 0 spiro atoms. The average Bonchev–Trinajstić information content (AvgIpc) is 2.67. The maximum Gasteiger partial charge on any atom is 0.338 e. The predicted molar refractivity (Wildman–Crippen MR) is 96.9 cm³/mol. The molecule has 0 aromatic heterocycles. The summed E-state index contributed by atoms with van der Waals surface area (Å²) in [6, 6.07) is 15.0. The Bertz CT molecular complexity index is 794. The highest BCUT2D eigenvalue weighted by atomic mass is 16.5. The zero-order valence-electron chi connectivity index (χ0n) is 14.5. The molecule has 0 atom stereocenters. The minimum atomic E-state index is -0.375. The van der Waals surface area contributed by atoms with Crippen LogP contribution < -0.4 is 10.1 Å². The van der Waals surface area contributed by atoms with Gasteiger partial charge < -0.3 is 14.8 Å². The lowest BCUT2D eigenvalue weighted by Gasteiger charge is -2.08. The fourth-order valence-electron chi connectivity index (χ4n) is 2.09. The van der Waals surface area contributed by atoms with Crippen molar-refractivity contribution in [1.82, 2.24) is 0 Å². The summed E-state index contributed by atoms with van der Waals surface area (Å²) in [5.74, 6) is -0.251. The summed E-state index contributed by atoms with van der Waals surface area (Å²) >= 11 is 0. The van der Waals surface area contributed by atoms with Crippen molar-refractivity contribution in [1.29, 1.82) is 5.26 Å². The highest BCUT2D eigenvalue weighted by Gasteiger charge is 2.08. The van der Waals surface area contributed by atoms with Crippen molar-refractivity contribution < 1.29 is 19.1 Å². The summed E-state index contributed by atoms with van der Waals surface area (Å²) < 4.78 is 10.5. The standard InChI is InChI=1S/C20H20N2O4/c1-2-3-11-25-20(24)16-7-9-18(10-8-16)26-14-19(23)22-17-6-4-5-15(12-17)13-21/h4-10,12H,2-3,11,14H2,1H3,(H,22,23). The summed E-state index contributed by atoms with van der Waals surface area (Å²) in [7, 11) is 0. The Labute approximate surface area is 152 Å². The van der Waals surface area contributed by atoms with Gasteiger partial charge in [-0.2, -0.15) is 5.26 Å². The number of carbonyl (C=O) groups excluding carboxylic acids is 2. The van der Waals surface area contributed by atoms with Crippen LogP contribution in [0, 0.1) is 11.3 Å². The van der Waals surface area contributed by atoms with Gasteiger partial charge in [-0.25, -0.2) is 4.79 Å². The van der Waals surface area contributed by atoms with Gasteiger partial charge in [0, 0.05) is 5.69 Å². The van der Waals surface area contributed by atoms with Crippen LogP contribution in [-0.4, -0.2) is 25.1 Å². The fraction of sp³-hybridized carbons (Fsp3) is 0.250. The predicted octanol–water partition coefficient (Wildman–Crippen LogP) is 3.53. The molecule has 2 rings (SSSR count). The number of nitriles is 1. The molecule has 6 nitrogen and oxygen atoms in total. The molecule has 0 unspecified atom stereocenters. The summed E-state index contributed by atoms with van der Waals surface area (Å²) in [5, 5.41) is 11.5. The molecule has 134 valence electrons. The lowest BCUT2D eigenvalue weighted by atomic mass is 10.2. The Balaban J connectivity index is 1.82. The first kappa shape index (κ1) is 19.0. The molecule has 2 aromatic carbocycles. The van der Waals surface area contributed by atoms with Gasteiger partial charge in [0.1, 0.15) is 5.75 Å². The van der Waals surface area contributed by atoms with Gasteiger partial charge in [-0.3, -0.25) is 4.79 Å². The Hall–Kier alpha value is -3.33. The van der Waals surface area contributed by atoms with Crippen LogP contribution in [0.15, 0.2) is 48.5 Å². The smallest absolute Gasteiger partial charge is 0.338 e. The van der Waals surface area contributed by atoms with E-state index in [2.05, 4.69) is 5.32 Å². The van der Waals surface area contributed by atoms with E-state index in [0.29, 0.717) is 29.2 Å². The van der Waals surface area contributed by atoms with Crippen molar-refractivity contribution in [2.24, 2.45) is 0 Å². The Morgan fingerprint density at radius 1 is 1.15 bits per heavy atom. The lowest BCUT2D eigenvalue weighted by Crippen LogP contribution is -2.20. The second-order valence-corrected chi connectivity index (χ2v) is 5.54. The minimum Gasteiger partial charge on any atom is -0.484 e. The number of benzene rings is 2. The molecule has 0 aliphatic heterocycles. The fourth-order valence-corrected chi connectivity index (χ4v) is 2.09. The van der Waals surface area contributed by atoms with Crippen LogP contribution in [0.4, 0.5) is 5.69 Å². The van der Waals surface area contributed by atoms with Gasteiger partial charge in [-0.05, 0) is 48.9 Å². The van der Waals surface area contributed by atoms with Gasteiger partial charge in [-0.15, -0.1) is 0 Å². The number of hydrogen-bond acceptors (Lipinski definition) is 5. The number of unbranched alkanes of at least 4 members (excludes halogenated alkanes) is 1. The van der Waals surface area contributed by atoms with Crippen molar-refractivity contribution in [3.63, 3.8) is 0 Å². The maximum atomic E-state index is 11.9. The van der Waals surface area contributed by atoms with Crippen molar-refractivity contribution in [3.8, 4) is 11.8 Å². The number of anilines is 1. The molecule has 1 amide bonds. The van der Waals surface area contributed by atoms with Crippen molar-refractivity contribution >= 4 is 17.6 Å². The molecular weight excluding hydrogens is 332 g/mol. The van der Waals surface area contributed by atoms with Gasteiger partial charge in [0.2, 0.25) is 0 Å². The average molecular weight is 352 g/mol. The molecule has 0 aliphatic carbocycles. The molecule has 1 N–H and O–H groups in total. The van der Waals surface area contributed by atoms with E-state index >= 15 is 0 Å². The van der Waals surface area contributed by atoms with Crippen molar-refractivity contribution in [2.75, 3.05) is 18.5 Å². The number of ether oxygens (including phenoxy) is 2. The second-order valence-electron chi connectivity index (χ2n) is 5.54. The lowest BCUT2D eigenvalue weighted by molar-refractivity contribution is -0.118. The summed E-state index contributed by atoms with van der Waals surface area (Å²) in [6.45, 7) is 2.24. The van der Waals surface area contributed by atoms with Gasteiger partial charge in [-0.1, -0.05) is 19.4 Å². The quantitative estimate of drug-likeness (QED) is 0.580. The van der Waals surface area contributed by atoms with Crippen LogP contribution in [0.3, 0.4) is 0 Å². The first-order valence-electron chi connectivity index (χ1n) is 8.32. The highest BCUT2D eigenvalue weighted by molar-refractivity contribution is 5.92. The van der Waals surface area contributed by atoms with Crippen LogP contribution >= 0.6 is 0 Å². The Kier molecular flexibility index (Phi) is 7.19. The van der Waals surface area contributed by atoms with Crippen LogP contribution in [0.5, 0.6) is 5.75 Å². The molecular formula is C20H20N2O4. The van der Waals surface area contributed by atoms with Gasteiger partial charge in [0.15, 0.2) is 6.61 Å². The van der Waals surface area contributed by atoms with E-state index in [1.807, 2.05) is 13.0 Å². The van der Waals surface area contributed by atoms with Crippen molar-refractivity contribution in [3.05, 3.63) is 59.7 Å². The third-order valence-corrected chi connectivity index (χ3v) is 3.47. The number of amides is 1. The molecule has 2 aromatic rings. The van der Waals surface area contributed by atoms with Crippen LogP contribution in [0.2, 0.25) is 0 Å². The normalized spacial score (nSPS) is 9.85. The van der Waals surface area contributed by atoms with E-state index in [9.17, 15) is 9.59 Å². The van der Waals surface area contributed by atoms with Crippen molar-refractivity contribution in [2.45, 2.75) is 19.8 Å². The number of esters is 1. The zero-order chi connectivity index (χ0) is 18.8. The monoisotopic (exact) mass is 352 g/mol. The number of hydrogen-bond donors (Lipinski definition) is 1. The van der Waals surface area contributed by atoms with Gasteiger partial charge in [0.05, 0.1) is 23.8 Å². The molecule has 0 heterocycles. The molecule has 26 heavy (non-hydrogen) atoms. The zero-order valence-corrected chi connectivity index (χ0v) is 14.5. The Morgan fingerprint density at radius 2 is 1.92 bits per heavy atom. The first-order chi connectivity index (χ1) is 12.6. The number of carbonyl (C=O) groups is 2. The van der Waals surface area contributed by atoms with E-state index in [1.165, 1.54) is 0 Å². The van der Waals surface area contributed by atoms with Crippen LogP contribution in [0.25, 0.3) is 0 Å². The number of nitrogens with zero attached hydrogens (tertiary/aromatic N) is 1. The molecule has 0 saturated heterocycles. The molecule has 0 aliphatic rings. The minimum absolute atomic E-state index is 0.183. The van der Waals surface area contributed by atoms with E-state index in [1.54, 1.807) is 48.5 Å². The van der Waals surface area contributed by atoms with Gasteiger partial charge >= 0.3 is 5.97 Å². The first-order valence-corrected chi connectivity index (χ1v) is 8.32. The topological polar surface area (TPSA) is 88.4 Å². The van der Waals surface area contributed by atoms with E-state index in [-0.39, 0.29) is 18.5 Å². The summed E-state index contributed by atoms with van der Waals surface area (Å²) in [5.41, 5.74) is 1.43. The van der Waals surface area contributed by atoms with Gasteiger partial charge in [0.25, 0.3) is 5.91 Å². The molecule has 0 bridgehead atoms. The third kappa shape index (κ3) is 5.95.